The fraction of sp³-hybridized carbons (Fsp3) is 0.556. The third kappa shape index (κ3) is 4.90. The van der Waals surface area contributed by atoms with Crippen LogP contribution in [0.1, 0.15) is 0 Å². The summed E-state index contributed by atoms with van der Waals surface area (Å²) >= 11 is 3.39. The van der Waals surface area contributed by atoms with E-state index in [0.717, 1.165) is 17.6 Å². The Hall–Kier alpha value is 0.137. The Balaban J connectivity index is 4.22. The molecular formula is C9H18BrNSi. The Morgan fingerprint density at radius 2 is 2.00 bits per heavy atom. The third-order valence-electron chi connectivity index (χ3n) is 1.66. The lowest BCUT2D eigenvalue weighted by Gasteiger charge is -2.32. The first kappa shape index (κ1) is 12.1. The van der Waals surface area contributed by atoms with E-state index in [4.69, 9.17) is 0 Å². The van der Waals surface area contributed by atoms with Crippen molar-refractivity contribution in [1.29, 1.82) is 0 Å². The summed E-state index contributed by atoms with van der Waals surface area (Å²) in [6.45, 7) is 16.5. The second kappa shape index (κ2) is 4.99. The van der Waals surface area contributed by atoms with E-state index < -0.39 is 8.24 Å². The first-order chi connectivity index (χ1) is 5.38. The molecule has 0 atom stereocenters. The monoisotopic (exact) mass is 247 g/mol. The van der Waals surface area contributed by atoms with Crippen LogP contribution in [0, 0.1) is 0 Å². The lowest BCUT2D eigenvalue weighted by Crippen LogP contribution is -2.46. The van der Waals surface area contributed by atoms with Crippen LogP contribution in [0.4, 0.5) is 0 Å². The molecule has 0 aromatic carbocycles. The van der Waals surface area contributed by atoms with Gasteiger partial charge in [0.05, 0.1) is 0 Å². The van der Waals surface area contributed by atoms with Crippen LogP contribution in [0.5, 0.6) is 0 Å². The molecule has 0 rings (SSSR count). The summed E-state index contributed by atoms with van der Waals surface area (Å²) in [5.41, 5.74) is 0. The molecule has 0 saturated carbocycles. The highest BCUT2D eigenvalue weighted by molar-refractivity contribution is 9.11. The molecule has 12 heavy (non-hydrogen) atoms. The maximum absolute atomic E-state index is 3.85. The normalized spacial score (nSPS) is 11.8. The summed E-state index contributed by atoms with van der Waals surface area (Å²) in [4.78, 5) is 0. The molecule has 3 heteroatoms. The number of hydrogen-bond donors (Lipinski definition) is 0. The average Bonchev–Trinajstić information content (AvgIpc) is 1.83. The van der Waals surface area contributed by atoms with Gasteiger partial charge in [-0.15, -0.1) is 6.58 Å². The Morgan fingerprint density at radius 1 is 1.50 bits per heavy atom. The SMILES string of the molecule is C=CCN(CC(=C)Br)[Si](C)(C)C. The maximum atomic E-state index is 3.85. The van der Waals surface area contributed by atoms with E-state index in [9.17, 15) is 0 Å². The summed E-state index contributed by atoms with van der Waals surface area (Å²) in [5.74, 6) is 0. The zero-order valence-electron chi connectivity index (χ0n) is 8.23. The van der Waals surface area contributed by atoms with Gasteiger partial charge in [0, 0.05) is 17.6 Å². The van der Waals surface area contributed by atoms with Gasteiger partial charge in [0.25, 0.3) is 0 Å². The van der Waals surface area contributed by atoms with Crippen LogP contribution in [-0.4, -0.2) is 25.9 Å². The summed E-state index contributed by atoms with van der Waals surface area (Å²) in [6.07, 6.45) is 1.95. The number of halogens is 1. The second-order valence-corrected chi connectivity index (χ2v) is 9.95. The maximum Gasteiger partial charge on any atom is 0.119 e. The Labute approximate surface area is 85.4 Å². The van der Waals surface area contributed by atoms with Gasteiger partial charge in [-0.1, -0.05) is 48.2 Å². The van der Waals surface area contributed by atoms with Crippen molar-refractivity contribution in [3.05, 3.63) is 23.7 Å². The predicted octanol–water partition coefficient (Wildman–Crippen LogP) is 3.22. The van der Waals surface area contributed by atoms with Gasteiger partial charge < -0.3 is 4.57 Å². The number of rotatable bonds is 5. The molecule has 0 aliphatic carbocycles. The van der Waals surface area contributed by atoms with Crippen molar-refractivity contribution in [2.24, 2.45) is 0 Å². The van der Waals surface area contributed by atoms with E-state index in [2.05, 4.69) is 53.3 Å². The molecule has 0 aromatic heterocycles. The van der Waals surface area contributed by atoms with E-state index in [1.165, 1.54) is 0 Å². The lowest BCUT2D eigenvalue weighted by molar-refractivity contribution is 0.516. The largest absolute Gasteiger partial charge is 0.316 e. The smallest absolute Gasteiger partial charge is 0.119 e. The molecular weight excluding hydrogens is 230 g/mol. The molecule has 1 nitrogen and oxygen atoms in total. The average molecular weight is 248 g/mol. The van der Waals surface area contributed by atoms with E-state index >= 15 is 0 Å². The molecule has 0 radical (unpaired) electrons. The fourth-order valence-electron chi connectivity index (χ4n) is 0.939. The lowest BCUT2D eigenvalue weighted by atomic mass is 10.5. The van der Waals surface area contributed by atoms with Gasteiger partial charge in [0.2, 0.25) is 0 Å². The highest BCUT2D eigenvalue weighted by Crippen LogP contribution is 2.13. The standard InChI is InChI=1S/C9H18BrNSi/c1-6-7-11(8-9(2)10)12(3,4)5/h6H,1-2,7-8H2,3-5H3. The van der Waals surface area contributed by atoms with Gasteiger partial charge in [-0.05, 0) is 0 Å². The Kier molecular flexibility index (Phi) is 5.05. The summed E-state index contributed by atoms with van der Waals surface area (Å²) in [6, 6.07) is 0. The molecule has 0 bridgehead atoms. The van der Waals surface area contributed by atoms with Crippen LogP contribution in [0.15, 0.2) is 23.7 Å². The third-order valence-corrected chi connectivity index (χ3v) is 4.15. The molecule has 0 aliphatic heterocycles. The molecule has 0 saturated heterocycles. The first-order valence-corrected chi connectivity index (χ1v) is 8.31. The molecule has 0 amide bonds. The summed E-state index contributed by atoms with van der Waals surface area (Å²) < 4.78 is 3.49. The molecule has 0 aromatic rings. The van der Waals surface area contributed by atoms with Gasteiger partial charge in [0.1, 0.15) is 8.24 Å². The van der Waals surface area contributed by atoms with Crippen molar-refractivity contribution < 1.29 is 0 Å². The van der Waals surface area contributed by atoms with E-state index in [1.807, 2.05) is 6.08 Å². The highest BCUT2D eigenvalue weighted by Gasteiger charge is 2.22. The van der Waals surface area contributed by atoms with Crippen LogP contribution in [-0.2, 0) is 0 Å². The molecule has 0 N–H and O–H groups in total. The zero-order valence-corrected chi connectivity index (χ0v) is 10.8. The number of hydrogen-bond acceptors (Lipinski definition) is 1. The molecule has 0 aliphatic rings. The van der Waals surface area contributed by atoms with Crippen molar-refractivity contribution in [1.82, 2.24) is 4.57 Å². The van der Waals surface area contributed by atoms with Gasteiger partial charge in [-0.3, -0.25) is 0 Å². The van der Waals surface area contributed by atoms with Crippen molar-refractivity contribution in [3.63, 3.8) is 0 Å². The van der Waals surface area contributed by atoms with Crippen LogP contribution >= 0.6 is 15.9 Å². The van der Waals surface area contributed by atoms with Gasteiger partial charge in [-0.25, -0.2) is 0 Å². The van der Waals surface area contributed by atoms with Gasteiger partial charge in [-0.2, -0.15) is 0 Å². The molecule has 0 fully saturated rings. The zero-order chi connectivity index (χ0) is 9.78. The summed E-state index contributed by atoms with van der Waals surface area (Å²) in [7, 11) is -1.20. The van der Waals surface area contributed by atoms with Crippen LogP contribution in [0.2, 0.25) is 19.6 Å². The van der Waals surface area contributed by atoms with Crippen molar-refractivity contribution in [3.8, 4) is 0 Å². The van der Waals surface area contributed by atoms with Crippen LogP contribution < -0.4 is 0 Å². The highest BCUT2D eigenvalue weighted by atomic mass is 79.9. The summed E-state index contributed by atoms with van der Waals surface area (Å²) in [5, 5.41) is 0. The van der Waals surface area contributed by atoms with Crippen molar-refractivity contribution in [2.75, 3.05) is 13.1 Å². The Bertz CT molecular complexity index is 172. The van der Waals surface area contributed by atoms with E-state index in [-0.39, 0.29) is 0 Å². The van der Waals surface area contributed by atoms with Crippen molar-refractivity contribution in [2.45, 2.75) is 19.6 Å². The van der Waals surface area contributed by atoms with Crippen LogP contribution in [0.3, 0.4) is 0 Å². The minimum atomic E-state index is -1.20. The van der Waals surface area contributed by atoms with Gasteiger partial charge >= 0.3 is 0 Å². The molecule has 0 unspecified atom stereocenters. The molecule has 0 spiro atoms. The second-order valence-electron chi connectivity index (χ2n) is 3.86. The fourth-order valence-corrected chi connectivity index (χ4v) is 2.81. The predicted molar refractivity (Wildman–Crippen MR) is 63.2 cm³/mol. The van der Waals surface area contributed by atoms with Crippen LogP contribution in [0.25, 0.3) is 0 Å². The van der Waals surface area contributed by atoms with Gasteiger partial charge in [0.15, 0.2) is 0 Å². The van der Waals surface area contributed by atoms with E-state index in [0.29, 0.717) is 0 Å². The molecule has 70 valence electrons. The first-order valence-electron chi connectivity index (χ1n) is 4.07. The van der Waals surface area contributed by atoms with Crippen molar-refractivity contribution >= 4 is 24.2 Å². The number of nitrogens with zero attached hydrogens (tertiary/aromatic N) is 1. The van der Waals surface area contributed by atoms with E-state index in [1.54, 1.807) is 0 Å². The topological polar surface area (TPSA) is 3.24 Å². The minimum absolute atomic E-state index is 0.932. The minimum Gasteiger partial charge on any atom is -0.316 e. The quantitative estimate of drug-likeness (QED) is 0.533. The molecule has 0 heterocycles. The Morgan fingerprint density at radius 3 is 2.25 bits per heavy atom.